The van der Waals surface area contributed by atoms with Crippen molar-refractivity contribution >= 4 is 26.6 Å². The Morgan fingerprint density at radius 1 is 1.29 bits per heavy atom. The van der Waals surface area contributed by atoms with Gasteiger partial charge in [0, 0.05) is 17.1 Å². The van der Waals surface area contributed by atoms with Gasteiger partial charge in [-0.3, -0.25) is 4.72 Å². The molecule has 1 heterocycles. The van der Waals surface area contributed by atoms with Crippen molar-refractivity contribution in [1.82, 2.24) is 4.98 Å². The van der Waals surface area contributed by atoms with E-state index in [1.807, 2.05) is 24.3 Å². The molecule has 2 rings (SSSR count). The molecule has 0 aliphatic carbocycles. The van der Waals surface area contributed by atoms with Crippen molar-refractivity contribution in [2.45, 2.75) is 0 Å². The lowest BCUT2D eigenvalue weighted by Crippen LogP contribution is -2.08. The zero-order valence-corrected chi connectivity index (χ0v) is 8.43. The first kappa shape index (κ1) is 9.08. The van der Waals surface area contributed by atoms with Crippen LogP contribution in [0.25, 0.3) is 10.9 Å². The maximum Gasteiger partial charge on any atom is 0.229 e. The van der Waals surface area contributed by atoms with Gasteiger partial charge in [-0.15, -0.1) is 0 Å². The minimum Gasteiger partial charge on any atom is -0.359 e. The minimum absolute atomic E-state index is 0.586. The zero-order chi connectivity index (χ0) is 10.2. The number of fused-ring (bicyclic) bond motifs is 1. The fraction of sp³-hybridized carbons (Fsp3) is 0.111. The minimum atomic E-state index is -3.21. The second-order valence-corrected chi connectivity index (χ2v) is 4.87. The van der Waals surface area contributed by atoms with Crippen LogP contribution in [0.4, 0.5) is 5.69 Å². The molecule has 0 atom stereocenters. The van der Waals surface area contributed by atoms with Crippen molar-refractivity contribution in [3.8, 4) is 0 Å². The largest absolute Gasteiger partial charge is 0.359 e. The van der Waals surface area contributed by atoms with Crippen molar-refractivity contribution in [3.63, 3.8) is 0 Å². The Balaban J connectivity index is 2.54. The van der Waals surface area contributed by atoms with Crippen molar-refractivity contribution in [2.24, 2.45) is 0 Å². The van der Waals surface area contributed by atoms with Gasteiger partial charge in [-0.05, 0) is 6.07 Å². The van der Waals surface area contributed by atoms with E-state index < -0.39 is 10.0 Å². The summed E-state index contributed by atoms with van der Waals surface area (Å²) in [6.45, 7) is 0. The van der Waals surface area contributed by atoms with Gasteiger partial charge >= 0.3 is 0 Å². The van der Waals surface area contributed by atoms with Crippen LogP contribution in [-0.4, -0.2) is 19.7 Å². The molecule has 1 aromatic carbocycles. The molecule has 0 fully saturated rings. The second-order valence-electron chi connectivity index (χ2n) is 3.12. The van der Waals surface area contributed by atoms with Gasteiger partial charge in [-0.1, -0.05) is 18.2 Å². The van der Waals surface area contributed by atoms with Crippen molar-refractivity contribution < 1.29 is 8.42 Å². The molecule has 0 saturated heterocycles. The number of para-hydroxylation sites is 1. The smallest absolute Gasteiger partial charge is 0.229 e. The summed E-state index contributed by atoms with van der Waals surface area (Å²) >= 11 is 0. The molecule has 0 amide bonds. The lowest BCUT2D eigenvalue weighted by Gasteiger charge is -2.00. The summed E-state index contributed by atoms with van der Waals surface area (Å²) in [6.07, 6.45) is 2.78. The Labute approximate surface area is 82.0 Å². The number of aromatic amines is 1. The number of anilines is 1. The van der Waals surface area contributed by atoms with Crippen LogP contribution in [0.1, 0.15) is 0 Å². The number of hydrogen-bond donors (Lipinski definition) is 2. The Bertz CT molecular complexity index is 557. The van der Waals surface area contributed by atoms with E-state index in [1.165, 1.54) is 0 Å². The number of hydrogen-bond acceptors (Lipinski definition) is 2. The number of H-pyrrole nitrogens is 1. The van der Waals surface area contributed by atoms with E-state index in [1.54, 1.807) is 6.20 Å². The van der Waals surface area contributed by atoms with Crippen LogP contribution >= 0.6 is 0 Å². The molecule has 0 spiro atoms. The molecule has 1 aromatic heterocycles. The number of nitrogens with one attached hydrogen (secondary N) is 2. The van der Waals surface area contributed by atoms with E-state index in [2.05, 4.69) is 9.71 Å². The molecule has 0 unspecified atom stereocenters. The maximum atomic E-state index is 11.0. The number of rotatable bonds is 2. The quantitative estimate of drug-likeness (QED) is 0.789. The fourth-order valence-corrected chi connectivity index (χ4v) is 1.92. The Morgan fingerprint density at radius 3 is 2.71 bits per heavy atom. The summed E-state index contributed by atoms with van der Waals surface area (Å²) in [6, 6.07) is 7.51. The van der Waals surface area contributed by atoms with Crippen LogP contribution in [0.15, 0.2) is 30.5 Å². The highest BCUT2D eigenvalue weighted by Crippen LogP contribution is 2.22. The first-order valence-electron chi connectivity index (χ1n) is 4.10. The van der Waals surface area contributed by atoms with Crippen molar-refractivity contribution in [1.29, 1.82) is 0 Å². The molecule has 5 heteroatoms. The molecule has 0 bridgehead atoms. The molecule has 2 aromatic rings. The van der Waals surface area contributed by atoms with Gasteiger partial charge in [0.2, 0.25) is 10.0 Å². The molecule has 4 nitrogen and oxygen atoms in total. The summed E-state index contributed by atoms with van der Waals surface area (Å²) < 4.78 is 24.5. The summed E-state index contributed by atoms with van der Waals surface area (Å²) in [4.78, 5) is 2.98. The summed E-state index contributed by atoms with van der Waals surface area (Å²) in [5.74, 6) is 0. The molecule has 0 aliphatic heterocycles. The van der Waals surface area contributed by atoms with Crippen molar-refractivity contribution in [2.75, 3.05) is 11.0 Å². The van der Waals surface area contributed by atoms with Gasteiger partial charge in [0.05, 0.1) is 11.9 Å². The first-order chi connectivity index (χ1) is 6.56. The third kappa shape index (κ3) is 1.72. The normalized spacial score (nSPS) is 11.8. The van der Waals surface area contributed by atoms with E-state index in [0.29, 0.717) is 5.69 Å². The highest BCUT2D eigenvalue weighted by molar-refractivity contribution is 7.92. The van der Waals surface area contributed by atoms with Crippen LogP contribution in [0.3, 0.4) is 0 Å². The topological polar surface area (TPSA) is 62.0 Å². The van der Waals surface area contributed by atoms with E-state index >= 15 is 0 Å². The summed E-state index contributed by atoms with van der Waals surface area (Å²) in [7, 11) is -3.21. The van der Waals surface area contributed by atoms with Crippen LogP contribution in [0.5, 0.6) is 0 Å². The van der Waals surface area contributed by atoms with Crippen LogP contribution in [0, 0.1) is 0 Å². The van der Waals surface area contributed by atoms with E-state index in [9.17, 15) is 8.42 Å². The number of sulfonamides is 1. The lowest BCUT2D eigenvalue weighted by atomic mass is 10.2. The van der Waals surface area contributed by atoms with Crippen LogP contribution < -0.4 is 4.72 Å². The maximum absolute atomic E-state index is 11.0. The Kier molecular flexibility index (Phi) is 1.96. The highest BCUT2D eigenvalue weighted by atomic mass is 32.2. The molecule has 0 aliphatic rings. The third-order valence-electron chi connectivity index (χ3n) is 1.88. The Morgan fingerprint density at radius 2 is 2.00 bits per heavy atom. The molecule has 74 valence electrons. The molecule has 0 radical (unpaired) electrons. The molecule has 2 N–H and O–H groups in total. The molecular weight excluding hydrogens is 200 g/mol. The van der Waals surface area contributed by atoms with Gasteiger partial charge in [-0.2, -0.15) is 0 Å². The second kappa shape index (κ2) is 3.02. The standard InChI is InChI=1S/C9H10N2O2S/c1-14(12,13)11-9-6-10-8-5-3-2-4-7(8)9/h2-6,10-11H,1H3. The highest BCUT2D eigenvalue weighted by Gasteiger charge is 2.06. The predicted octanol–water partition coefficient (Wildman–Crippen LogP) is 1.54. The predicted molar refractivity (Wildman–Crippen MR) is 56.8 cm³/mol. The van der Waals surface area contributed by atoms with E-state index in [4.69, 9.17) is 0 Å². The van der Waals surface area contributed by atoms with Gasteiger partial charge < -0.3 is 4.98 Å². The molecule has 0 saturated carbocycles. The monoisotopic (exact) mass is 210 g/mol. The lowest BCUT2D eigenvalue weighted by molar-refractivity contribution is 0.607. The van der Waals surface area contributed by atoms with Crippen LogP contribution in [-0.2, 0) is 10.0 Å². The number of benzene rings is 1. The first-order valence-corrected chi connectivity index (χ1v) is 5.99. The van der Waals surface area contributed by atoms with Crippen LogP contribution in [0.2, 0.25) is 0 Å². The number of aromatic nitrogens is 1. The average molecular weight is 210 g/mol. The summed E-state index contributed by atoms with van der Waals surface area (Å²) in [5.41, 5.74) is 1.50. The van der Waals surface area contributed by atoms with Crippen molar-refractivity contribution in [3.05, 3.63) is 30.5 Å². The van der Waals surface area contributed by atoms with Gasteiger partial charge in [0.1, 0.15) is 0 Å². The van der Waals surface area contributed by atoms with E-state index in [0.717, 1.165) is 17.2 Å². The zero-order valence-electron chi connectivity index (χ0n) is 7.61. The fourth-order valence-electron chi connectivity index (χ4n) is 1.36. The van der Waals surface area contributed by atoms with Gasteiger partial charge in [0.15, 0.2) is 0 Å². The third-order valence-corrected chi connectivity index (χ3v) is 2.48. The van der Waals surface area contributed by atoms with E-state index in [-0.39, 0.29) is 0 Å². The molecule has 14 heavy (non-hydrogen) atoms. The molecular formula is C9H10N2O2S. The summed E-state index contributed by atoms with van der Waals surface area (Å²) in [5, 5.41) is 0.873. The Hall–Kier alpha value is -1.49. The van der Waals surface area contributed by atoms with Gasteiger partial charge in [0.25, 0.3) is 0 Å². The SMILES string of the molecule is CS(=O)(=O)Nc1c[nH]c2ccccc12. The van der Waals surface area contributed by atoms with Gasteiger partial charge in [-0.25, -0.2) is 8.42 Å². The average Bonchev–Trinajstić information content (AvgIpc) is 2.47.